The lowest BCUT2D eigenvalue weighted by Gasteiger charge is -2.05. The molecule has 22 heavy (non-hydrogen) atoms. The Bertz CT molecular complexity index is 755. The number of esters is 1. The number of carbonyl (C=O) groups excluding carboxylic acids is 2. The van der Waals surface area contributed by atoms with E-state index in [4.69, 9.17) is 16.3 Å². The molecule has 0 saturated heterocycles. The normalized spacial score (nSPS) is 10.3. The van der Waals surface area contributed by atoms with Crippen LogP contribution in [0.2, 0.25) is 5.02 Å². The summed E-state index contributed by atoms with van der Waals surface area (Å²) in [7, 11) is 0. The van der Waals surface area contributed by atoms with Crippen LogP contribution in [0.1, 0.15) is 24.9 Å². The number of nitro groups is 1. The molecule has 0 aliphatic carbocycles. The smallest absolute Gasteiger partial charge is 0.340 e. The van der Waals surface area contributed by atoms with Crippen molar-refractivity contribution in [3.8, 4) is 0 Å². The molecule has 0 aliphatic heterocycles. The van der Waals surface area contributed by atoms with Crippen LogP contribution in [0.3, 0.4) is 0 Å². The second kappa shape index (κ2) is 6.67. The number of ketones is 1. The summed E-state index contributed by atoms with van der Waals surface area (Å²) < 4.78 is 4.90. The Morgan fingerprint density at radius 1 is 1.32 bits per heavy atom. The van der Waals surface area contributed by atoms with Crippen molar-refractivity contribution in [3.05, 3.63) is 60.8 Å². The maximum Gasteiger partial charge on any atom is 0.340 e. The molecule has 114 valence electrons. The molecule has 1 heterocycles. The Kier molecular flexibility index (Phi) is 4.89. The zero-order chi connectivity index (χ0) is 16.3. The summed E-state index contributed by atoms with van der Waals surface area (Å²) in [6.07, 6.45) is 0. The maximum absolute atomic E-state index is 11.9. The first kappa shape index (κ1) is 16.1. The molecule has 0 spiro atoms. The van der Waals surface area contributed by atoms with Crippen LogP contribution in [0.5, 0.6) is 0 Å². The molecule has 0 radical (unpaired) electrons. The average molecular weight is 340 g/mol. The van der Waals surface area contributed by atoms with Gasteiger partial charge in [-0.1, -0.05) is 11.6 Å². The summed E-state index contributed by atoms with van der Waals surface area (Å²) in [6, 6.07) is 6.86. The van der Waals surface area contributed by atoms with Crippen molar-refractivity contribution in [1.82, 2.24) is 0 Å². The first-order valence-electron chi connectivity index (χ1n) is 6.09. The van der Waals surface area contributed by atoms with Gasteiger partial charge in [0.2, 0.25) is 5.78 Å². The standard InChI is InChI=1S/C14H10ClNO5S/c1-8-2-5-13(22-8)12(17)7-21-14(18)10-4-3-9(16(19)20)6-11(10)15/h2-6H,7H2,1H3. The number of nitrogens with zero attached hydrogens (tertiary/aromatic N) is 1. The fraction of sp³-hybridized carbons (Fsp3) is 0.143. The minimum atomic E-state index is -0.804. The van der Waals surface area contributed by atoms with Gasteiger partial charge in [-0.05, 0) is 25.1 Å². The van der Waals surface area contributed by atoms with Gasteiger partial charge in [0.15, 0.2) is 6.61 Å². The van der Waals surface area contributed by atoms with Crippen molar-refractivity contribution in [3.63, 3.8) is 0 Å². The number of halogens is 1. The Balaban J connectivity index is 2.03. The van der Waals surface area contributed by atoms with Crippen molar-refractivity contribution in [1.29, 1.82) is 0 Å². The summed E-state index contributed by atoms with van der Waals surface area (Å²) in [5, 5.41) is 10.5. The topological polar surface area (TPSA) is 86.5 Å². The Morgan fingerprint density at radius 2 is 2.05 bits per heavy atom. The summed E-state index contributed by atoms with van der Waals surface area (Å²) in [6.45, 7) is 1.45. The molecule has 2 aromatic rings. The highest BCUT2D eigenvalue weighted by Crippen LogP contribution is 2.23. The molecule has 0 N–H and O–H groups in total. The molecule has 0 saturated carbocycles. The van der Waals surface area contributed by atoms with Crippen molar-refractivity contribution in [2.45, 2.75) is 6.92 Å². The van der Waals surface area contributed by atoms with Crippen LogP contribution in [0.25, 0.3) is 0 Å². The van der Waals surface area contributed by atoms with Crippen LogP contribution < -0.4 is 0 Å². The van der Waals surface area contributed by atoms with Gasteiger partial charge in [-0.2, -0.15) is 0 Å². The lowest BCUT2D eigenvalue weighted by Crippen LogP contribution is -2.13. The molecule has 2 rings (SSSR count). The van der Waals surface area contributed by atoms with Gasteiger partial charge in [-0.15, -0.1) is 11.3 Å². The van der Waals surface area contributed by atoms with Crippen molar-refractivity contribution < 1.29 is 19.2 Å². The molecule has 0 fully saturated rings. The molecule has 8 heteroatoms. The van der Waals surface area contributed by atoms with E-state index in [0.717, 1.165) is 17.0 Å². The summed E-state index contributed by atoms with van der Waals surface area (Å²) in [5.74, 6) is -1.12. The SMILES string of the molecule is Cc1ccc(C(=O)COC(=O)c2ccc([N+](=O)[O-])cc2Cl)s1. The number of hydrogen-bond acceptors (Lipinski definition) is 6. The zero-order valence-electron chi connectivity index (χ0n) is 11.4. The number of Topliss-reactive ketones (excluding diaryl/α,β-unsaturated/α-hetero) is 1. The molecule has 1 aromatic heterocycles. The monoisotopic (exact) mass is 339 g/mol. The Morgan fingerprint density at radius 3 is 2.59 bits per heavy atom. The molecular weight excluding hydrogens is 330 g/mol. The second-order valence-electron chi connectivity index (χ2n) is 4.33. The first-order chi connectivity index (χ1) is 10.4. The Labute approximate surface area is 134 Å². The number of rotatable bonds is 5. The molecule has 0 amide bonds. The number of non-ortho nitro benzene ring substituents is 1. The number of ether oxygens (including phenoxy) is 1. The van der Waals surface area contributed by atoms with E-state index in [1.165, 1.54) is 17.4 Å². The van der Waals surface area contributed by atoms with Crippen LogP contribution in [0.4, 0.5) is 5.69 Å². The van der Waals surface area contributed by atoms with Gasteiger partial charge in [0.05, 0.1) is 20.4 Å². The minimum Gasteiger partial charge on any atom is -0.454 e. The Hall–Kier alpha value is -2.25. The van der Waals surface area contributed by atoms with Crippen molar-refractivity contribution in [2.24, 2.45) is 0 Å². The highest BCUT2D eigenvalue weighted by molar-refractivity contribution is 7.14. The van der Waals surface area contributed by atoms with Crippen LogP contribution in [-0.4, -0.2) is 23.3 Å². The summed E-state index contributed by atoms with van der Waals surface area (Å²) in [5.41, 5.74) is -0.255. The number of aryl methyl sites for hydroxylation is 1. The van der Waals surface area contributed by atoms with Crippen LogP contribution >= 0.6 is 22.9 Å². The molecule has 0 unspecified atom stereocenters. The van der Waals surface area contributed by atoms with Gasteiger partial charge >= 0.3 is 5.97 Å². The lowest BCUT2D eigenvalue weighted by atomic mass is 10.2. The number of thiophene rings is 1. The van der Waals surface area contributed by atoms with Crippen LogP contribution in [-0.2, 0) is 4.74 Å². The molecule has 6 nitrogen and oxygen atoms in total. The van der Waals surface area contributed by atoms with Gasteiger partial charge < -0.3 is 4.74 Å². The van der Waals surface area contributed by atoms with E-state index >= 15 is 0 Å². The summed E-state index contributed by atoms with van der Waals surface area (Å²) in [4.78, 5) is 35.1. The van der Waals surface area contributed by atoms with E-state index in [9.17, 15) is 19.7 Å². The zero-order valence-corrected chi connectivity index (χ0v) is 12.9. The van der Waals surface area contributed by atoms with E-state index < -0.39 is 17.5 Å². The third-order valence-electron chi connectivity index (χ3n) is 2.73. The van der Waals surface area contributed by atoms with Gasteiger partial charge in [0.25, 0.3) is 5.69 Å². The fourth-order valence-electron chi connectivity index (χ4n) is 1.65. The highest BCUT2D eigenvalue weighted by Gasteiger charge is 2.18. The van der Waals surface area contributed by atoms with Crippen molar-refractivity contribution >= 4 is 40.4 Å². The molecule has 0 atom stereocenters. The van der Waals surface area contributed by atoms with E-state index in [0.29, 0.717) is 4.88 Å². The van der Waals surface area contributed by atoms with E-state index in [-0.39, 0.29) is 22.1 Å². The summed E-state index contributed by atoms with van der Waals surface area (Å²) >= 11 is 7.13. The molecule has 0 bridgehead atoms. The van der Waals surface area contributed by atoms with Crippen molar-refractivity contribution in [2.75, 3.05) is 6.61 Å². The van der Waals surface area contributed by atoms with Gasteiger partial charge in [-0.3, -0.25) is 14.9 Å². The quantitative estimate of drug-likeness (QED) is 0.359. The highest BCUT2D eigenvalue weighted by atomic mass is 35.5. The van der Waals surface area contributed by atoms with E-state index in [1.54, 1.807) is 12.1 Å². The average Bonchev–Trinajstić information content (AvgIpc) is 2.90. The van der Waals surface area contributed by atoms with Gasteiger partial charge in [0.1, 0.15) is 0 Å². The maximum atomic E-state index is 11.9. The predicted octanol–water partition coefficient (Wildman–Crippen LogP) is 3.66. The molecule has 1 aromatic carbocycles. The number of benzene rings is 1. The van der Waals surface area contributed by atoms with E-state index in [2.05, 4.69) is 0 Å². The van der Waals surface area contributed by atoms with Crippen LogP contribution in [0.15, 0.2) is 30.3 Å². The fourth-order valence-corrected chi connectivity index (χ4v) is 2.69. The molecule has 0 aliphatic rings. The third kappa shape index (κ3) is 3.69. The minimum absolute atomic E-state index is 0.0255. The number of carbonyl (C=O) groups is 2. The number of hydrogen-bond donors (Lipinski definition) is 0. The molecular formula is C14H10ClNO5S. The predicted molar refractivity (Wildman–Crippen MR) is 81.8 cm³/mol. The number of nitro benzene ring substituents is 1. The van der Waals surface area contributed by atoms with Gasteiger partial charge in [-0.25, -0.2) is 4.79 Å². The van der Waals surface area contributed by atoms with E-state index in [1.807, 2.05) is 6.92 Å². The first-order valence-corrected chi connectivity index (χ1v) is 7.28. The third-order valence-corrected chi connectivity index (χ3v) is 4.09. The lowest BCUT2D eigenvalue weighted by molar-refractivity contribution is -0.384. The van der Waals surface area contributed by atoms with Crippen LogP contribution in [0, 0.1) is 17.0 Å². The van der Waals surface area contributed by atoms with Gasteiger partial charge in [0, 0.05) is 17.0 Å². The largest absolute Gasteiger partial charge is 0.454 e. The second-order valence-corrected chi connectivity index (χ2v) is 6.03.